The van der Waals surface area contributed by atoms with Crippen LogP contribution >= 0.6 is 0 Å². The van der Waals surface area contributed by atoms with Crippen LogP contribution in [0.3, 0.4) is 0 Å². The highest BCUT2D eigenvalue weighted by Crippen LogP contribution is 2.07. The lowest BCUT2D eigenvalue weighted by Gasteiger charge is -2.26. The van der Waals surface area contributed by atoms with Crippen LogP contribution in [0, 0.1) is 6.92 Å². The first-order valence-electron chi connectivity index (χ1n) is 7.31. The molecule has 6 nitrogen and oxygen atoms in total. The van der Waals surface area contributed by atoms with Gasteiger partial charge in [0, 0.05) is 32.2 Å². The van der Waals surface area contributed by atoms with Crippen molar-refractivity contribution < 1.29 is 4.74 Å². The molecular weight excluding hydrogens is 254 g/mol. The Bertz CT molecular complexity index is 407. The Morgan fingerprint density at radius 2 is 2.10 bits per heavy atom. The summed E-state index contributed by atoms with van der Waals surface area (Å²) in [6, 6.07) is 2.01. The van der Waals surface area contributed by atoms with E-state index in [1.807, 2.05) is 20.0 Å². The molecule has 2 heterocycles. The summed E-state index contributed by atoms with van der Waals surface area (Å²) in [5.74, 6) is 1.73. The molecule has 0 saturated carbocycles. The molecule has 0 unspecified atom stereocenters. The van der Waals surface area contributed by atoms with Crippen molar-refractivity contribution in [2.24, 2.45) is 0 Å². The molecule has 2 rings (SSSR count). The van der Waals surface area contributed by atoms with E-state index in [4.69, 9.17) is 4.74 Å². The highest BCUT2D eigenvalue weighted by atomic mass is 16.5. The van der Waals surface area contributed by atoms with E-state index in [9.17, 15) is 0 Å². The minimum atomic E-state index is 0.770. The zero-order valence-corrected chi connectivity index (χ0v) is 12.5. The van der Waals surface area contributed by atoms with Gasteiger partial charge >= 0.3 is 0 Å². The maximum absolute atomic E-state index is 5.34. The van der Waals surface area contributed by atoms with Crippen LogP contribution in [0.4, 0.5) is 5.82 Å². The van der Waals surface area contributed by atoms with Crippen LogP contribution < -0.4 is 10.6 Å². The Morgan fingerprint density at radius 1 is 1.30 bits per heavy atom. The summed E-state index contributed by atoms with van der Waals surface area (Å²) in [4.78, 5) is 11.3. The van der Waals surface area contributed by atoms with Gasteiger partial charge in [0.1, 0.15) is 11.6 Å². The van der Waals surface area contributed by atoms with Crippen LogP contribution in [0.15, 0.2) is 6.07 Å². The first kappa shape index (κ1) is 15.2. The second-order valence-corrected chi connectivity index (χ2v) is 5.06. The Balaban J connectivity index is 1.72. The number of morpholine rings is 1. The first-order chi connectivity index (χ1) is 9.78. The SMILES string of the molecule is CNCc1cc(NCCCN2CCOCC2)nc(C)n1. The molecule has 0 aliphatic carbocycles. The van der Waals surface area contributed by atoms with Crippen LogP contribution in [0.1, 0.15) is 17.9 Å². The van der Waals surface area contributed by atoms with Crippen molar-refractivity contribution in [1.29, 1.82) is 0 Å². The normalized spacial score (nSPS) is 16.3. The van der Waals surface area contributed by atoms with Crippen LogP contribution in [0.5, 0.6) is 0 Å². The number of hydrogen-bond acceptors (Lipinski definition) is 6. The molecule has 1 aromatic rings. The van der Waals surface area contributed by atoms with E-state index in [1.54, 1.807) is 0 Å². The van der Waals surface area contributed by atoms with E-state index in [1.165, 1.54) is 0 Å². The van der Waals surface area contributed by atoms with Crippen LogP contribution in [0.25, 0.3) is 0 Å². The average Bonchev–Trinajstić information content (AvgIpc) is 2.45. The largest absolute Gasteiger partial charge is 0.379 e. The quantitative estimate of drug-likeness (QED) is 0.714. The predicted molar refractivity (Wildman–Crippen MR) is 79.9 cm³/mol. The number of rotatable bonds is 7. The van der Waals surface area contributed by atoms with E-state index in [0.29, 0.717) is 0 Å². The molecule has 1 aromatic heterocycles. The Labute approximate surface area is 120 Å². The number of hydrogen-bond donors (Lipinski definition) is 2. The summed E-state index contributed by atoms with van der Waals surface area (Å²) < 4.78 is 5.34. The van der Waals surface area contributed by atoms with Gasteiger partial charge in [0.05, 0.1) is 18.9 Å². The van der Waals surface area contributed by atoms with Gasteiger partial charge in [-0.3, -0.25) is 4.90 Å². The van der Waals surface area contributed by atoms with E-state index in [0.717, 1.165) is 69.7 Å². The second-order valence-electron chi connectivity index (χ2n) is 5.06. The van der Waals surface area contributed by atoms with E-state index in [-0.39, 0.29) is 0 Å². The fraction of sp³-hybridized carbons (Fsp3) is 0.714. The minimum Gasteiger partial charge on any atom is -0.379 e. The molecule has 20 heavy (non-hydrogen) atoms. The van der Waals surface area contributed by atoms with Gasteiger partial charge in [0.15, 0.2) is 0 Å². The summed E-state index contributed by atoms with van der Waals surface area (Å²) in [6.45, 7) is 8.59. The van der Waals surface area contributed by atoms with Crippen molar-refractivity contribution in [3.05, 3.63) is 17.6 Å². The molecule has 1 saturated heterocycles. The van der Waals surface area contributed by atoms with Crippen LogP contribution in [-0.4, -0.2) is 61.3 Å². The number of aromatic nitrogens is 2. The third kappa shape index (κ3) is 5.03. The molecule has 0 spiro atoms. The highest BCUT2D eigenvalue weighted by Gasteiger charge is 2.09. The lowest BCUT2D eigenvalue weighted by molar-refractivity contribution is 0.0378. The molecule has 1 aliphatic heterocycles. The number of nitrogens with one attached hydrogen (secondary N) is 2. The molecule has 112 valence electrons. The zero-order chi connectivity index (χ0) is 14.2. The third-order valence-electron chi connectivity index (χ3n) is 3.31. The van der Waals surface area contributed by atoms with Crippen molar-refractivity contribution >= 4 is 5.82 Å². The monoisotopic (exact) mass is 279 g/mol. The molecule has 6 heteroatoms. The molecule has 0 aromatic carbocycles. The summed E-state index contributed by atoms with van der Waals surface area (Å²) >= 11 is 0. The number of aryl methyl sites for hydroxylation is 1. The van der Waals surface area contributed by atoms with Crippen molar-refractivity contribution in [3.8, 4) is 0 Å². The zero-order valence-electron chi connectivity index (χ0n) is 12.5. The molecule has 2 N–H and O–H groups in total. The van der Waals surface area contributed by atoms with Crippen molar-refractivity contribution in [2.45, 2.75) is 19.9 Å². The summed E-state index contributed by atoms with van der Waals surface area (Å²) in [5, 5.41) is 6.50. The van der Waals surface area contributed by atoms with Gasteiger partial charge in [0.2, 0.25) is 0 Å². The number of anilines is 1. The maximum atomic E-state index is 5.34. The fourth-order valence-electron chi connectivity index (χ4n) is 2.34. The Morgan fingerprint density at radius 3 is 2.85 bits per heavy atom. The van der Waals surface area contributed by atoms with Gasteiger partial charge in [-0.05, 0) is 26.9 Å². The summed E-state index contributed by atoms with van der Waals surface area (Å²) in [5.41, 5.74) is 1.02. The molecule has 1 fully saturated rings. The standard InChI is InChI=1S/C14H25N5O/c1-12-17-13(11-15-2)10-14(18-12)16-4-3-5-19-6-8-20-9-7-19/h10,15H,3-9,11H2,1-2H3,(H,16,17,18). The van der Waals surface area contributed by atoms with E-state index >= 15 is 0 Å². The number of ether oxygens (including phenoxy) is 1. The second kappa shape index (κ2) is 8.14. The topological polar surface area (TPSA) is 62.3 Å². The smallest absolute Gasteiger partial charge is 0.129 e. The maximum Gasteiger partial charge on any atom is 0.129 e. The average molecular weight is 279 g/mol. The predicted octanol–water partition coefficient (Wildman–Crippen LogP) is 0.639. The minimum absolute atomic E-state index is 0.770. The van der Waals surface area contributed by atoms with Crippen molar-refractivity contribution in [1.82, 2.24) is 20.2 Å². The summed E-state index contributed by atoms with van der Waals surface area (Å²) in [7, 11) is 1.92. The molecule has 0 amide bonds. The molecule has 0 bridgehead atoms. The van der Waals surface area contributed by atoms with Crippen LogP contribution in [0.2, 0.25) is 0 Å². The fourth-order valence-corrected chi connectivity index (χ4v) is 2.34. The van der Waals surface area contributed by atoms with Gasteiger partial charge in [-0.1, -0.05) is 0 Å². The van der Waals surface area contributed by atoms with Gasteiger partial charge in [-0.25, -0.2) is 9.97 Å². The number of nitrogens with zero attached hydrogens (tertiary/aromatic N) is 3. The van der Waals surface area contributed by atoms with E-state index < -0.39 is 0 Å². The molecule has 0 atom stereocenters. The molecular formula is C14H25N5O. The molecule has 0 radical (unpaired) electrons. The summed E-state index contributed by atoms with van der Waals surface area (Å²) in [6.07, 6.45) is 1.12. The Hall–Kier alpha value is -1.24. The van der Waals surface area contributed by atoms with Crippen molar-refractivity contribution in [2.75, 3.05) is 51.8 Å². The molecule has 1 aliphatic rings. The van der Waals surface area contributed by atoms with Crippen molar-refractivity contribution in [3.63, 3.8) is 0 Å². The van der Waals surface area contributed by atoms with Crippen LogP contribution in [-0.2, 0) is 11.3 Å². The highest BCUT2D eigenvalue weighted by molar-refractivity contribution is 5.35. The van der Waals surface area contributed by atoms with Gasteiger partial charge < -0.3 is 15.4 Å². The van der Waals surface area contributed by atoms with Gasteiger partial charge in [0.25, 0.3) is 0 Å². The lowest BCUT2D eigenvalue weighted by atomic mass is 10.3. The lowest BCUT2D eigenvalue weighted by Crippen LogP contribution is -2.37. The van der Waals surface area contributed by atoms with Gasteiger partial charge in [-0.2, -0.15) is 0 Å². The van der Waals surface area contributed by atoms with Gasteiger partial charge in [-0.15, -0.1) is 0 Å². The third-order valence-corrected chi connectivity index (χ3v) is 3.31. The van der Waals surface area contributed by atoms with E-state index in [2.05, 4.69) is 25.5 Å². The first-order valence-corrected chi connectivity index (χ1v) is 7.31. The Kier molecular flexibility index (Phi) is 6.17.